The molecule has 0 unspecified atom stereocenters. The highest BCUT2D eigenvalue weighted by molar-refractivity contribution is 9.10. The highest BCUT2D eigenvalue weighted by atomic mass is 79.9. The van der Waals surface area contributed by atoms with Crippen molar-refractivity contribution in [1.29, 1.82) is 0 Å². The van der Waals surface area contributed by atoms with Gasteiger partial charge in [-0.2, -0.15) is 9.78 Å². The van der Waals surface area contributed by atoms with Crippen LogP contribution in [0.25, 0.3) is 10.9 Å². The molecule has 33 heavy (non-hydrogen) atoms. The van der Waals surface area contributed by atoms with Crippen LogP contribution in [-0.4, -0.2) is 23.0 Å². The van der Waals surface area contributed by atoms with Crippen LogP contribution >= 0.6 is 15.9 Å². The van der Waals surface area contributed by atoms with Crippen LogP contribution in [0.5, 0.6) is 11.5 Å². The van der Waals surface area contributed by atoms with Crippen molar-refractivity contribution in [2.24, 2.45) is 5.10 Å². The Morgan fingerprint density at radius 1 is 1.15 bits per heavy atom. The molecule has 0 radical (unpaired) electrons. The molecule has 1 aromatic heterocycles. The zero-order chi connectivity index (χ0) is 23.4. The Hall–Kier alpha value is -3.52. The maximum absolute atomic E-state index is 13.2. The van der Waals surface area contributed by atoms with Crippen LogP contribution in [0.3, 0.4) is 0 Å². The van der Waals surface area contributed by atoms with E-state index in [-0.39, 0.29) is 18.0 Å². The van der Waals surface area contributed by atoms with Crippen LogP contribution in [0.2, 0.25) is 0 Å². The van der Waals surface area contributed by atoms with Crippen LogP contribution in [0.4, 0.5) is 4.39 Å². The van der Waals surface area contributed by atoms with E-state index in [0.717, 1.165) is 10.0 Å². The van der Waals surface area contributed by atoms with Gasteiger partial charge in [-0.1, -0.05) is 41.1 Å². The number of aromatic nitrogens is 2. The van der Waals surface area contributed by atoms with Gasteiger partial charge in [0.15, 0.2) is 11.5 Å². The molecule has 0 atom stereocenters. The summed E-state index contributed by atoms with van der Waals surface area (Å²) in [5.74, 6) is 1.22. The summed E-state index contributed by atoms with van der Waals surface area (Å²) < 4.78 is 26.7. The van der Waals surface area contributed by atoms with Crippen LogP contribution in [0.15, 0.2) is 75.0 Å². The highest BCUT2D eigenvalue weighted by Gasteiger charge is 2.12. The molecule has 4 rings (SSSR count). The van der Waals surface area contributed by atoms with Gasteiger partial charge in [-0.3, -0.25) is 4.79 Å². The Balaban J connectivity index is 1.72. The number of ether oxygens (including phenoxy) is 2. The van der Waals surface area contributed by atoms with Gasteiger partial charge < -0.3 is 9.47 Å². The van der Waals surface area contributed by atoms with Crippen molar-refractivity contribution >= 4 is 33.0 Å². The molecule has 0 spiro atoms. The van der Waals surface area contributed by atoms with Crippen molar-refractivity contribution in [3.63, 3.8) is 0 Å². The SMILES string of the molecule is CCc1nc2ccc(Br)cc2c(=O)n1N=Cc1cccc(OC)c1OCc1ccc(F)cc1. The molecule has 3 aromatic carbocycles. The van der Waals surface area contributed by atoms with Crippen LogP contribution in [-0.2, 0) is 13.0 Å². The van der Waals surface area contributed by atoms with E-state index in [9.17, 15) is 9.18 Å². The minimum Gasteiger partial charge on any atom is -0.493 e. The lowest BCUT2D eigenvalue weighted by Gasteiger charge is -2.13. The molecule has 0 fully saturated rings. The summed E-state index contributed by atoms with van der Waals surface area (Å²) in [6, 6.07) is 16.9. The summed E-state index contributed by atoms with van der Waals surface area (Å²) in [6.45, 7) is 2.13. The number of methoxy groups -OCH3 is 1. The first-order valence-electron chi connectivity index (χ1n) is 10.3. The topological polar surface area (TPSA) is 65.7 Å². The molecule has 8 heteroatoms. The van der Waals surface area contributed by atoms with Crippen molar-refractivity contribution in [3.05, 3.63) is 98.3 Å². The number of aryl methyl sites for hydroxylation is 1. The van der Waals surface area contributed by atoms with Crippen molar-refractivity contribution in [2.45, 2.75) is 20.0 Å². The van der Waals surface area contributed by atoms with Crippen molar-refractivity contribution < 1.29 is 13.9 Å². The van der Waals surface area contributed by atoms with Gasteiger partial charge >= 0.3 is 0 Å². The van der Waals surface area contributed by atoms with Gasteiger partial charge in [0, 0.05) is 16.5 Å². The van der Waals surface area contributed by atoms with E-state index in [1.54, 1.807) is 43.7 Å². The van der Waals surface area contributed by atoms with Gasteiger partial charge in [0.25, 0.3) is 5.56 Å². The van der Waals surface area contributed by atoms with E-state index in [2.05, 4.69) is 26.0 Å². The van der Waals surface area contributed by atoms with Gasteiger partial charge in [0.2, 0.25) is 0 Å². The Labute approximate surface area is 198 Å². The average molecular weight is 510 g/mol. The second kappa shape index (κ2) is 9.95. The maximum Gasteiger partial charge on any atom is 0.282 e. The van der Waals surface area contributed by atoms with Gasteiger partial charge in [-0.15, -0.1) is 0 Å². The molecule has 0 saturated heterocycles. The molecule has 168 valence electrons. The molecule has 0 saturated carbocycles. The predicted molar refractivity (Wildman–Crippen MR) is 130 cm³/mol. The van der Waals surface area contributed by atoms with Crippen molar-refractivity contribution in [1.82, 2.24) is 9.66 Å². The quantitative estimate of drug-likeness (QED) is 0.316. The normalized spacial score (nSPS) is 11.3. The van der Waals surface area contributed by atoms with Crippen LogP contribution in [0, 0.1) is 5.82 Å². The number of para-hydroxylation sites is 1. The molecule has 0 aliphatic heterocycles. The summed E-state index contributed by atoms with van der Waals surface area (Å²) >= 11 is 3.40. The van der Waals surface area contributed by atoms with Gasteiger partial charge in [0.05, 0.1) is 24.2 Å². The average Bonchev–Trinajstić information content (AvgIpc) is 2.83. The summed E-state index contributed by atoms with van der Waals surface area (Å²) in [5, 5.41) is 4.92. The molecule has 0 bridgehead atoms. The number of hydrogen-bond acceptors (Lipinski definition) is 5. The summed E-state index contributed by atoms with van der Waals surface area (Å²) in [6.07, 6.45) is 2.08. The fraction of sp³-hybridized carbons (Fsp3) is 0.160. The molecule has 1 heterocycles. The number of fused-ring (bicyclic) bond motifs is 1. The fourth-order valence-electron chi connectivity index (χ4n) is 3.35. The molecular formula is C25H21BrFN3O3. The van der Waals surface area contributed by atoms with Crippen molar-refractivity contribution in [3.8, 4) is 11.5 Å². The standard InChI is InChI=1S/C25H21BrFN3O3/c1-3-23-29-21-12-9-18(26)13-20(21)25(31)30(23)28-14-17-5-4-6-22(32-2)24(17)33-15-16-7-10-19(27)11-8-16/h4-14H,3,15H2,1-2H3. The zero-order valence-electron chi connectivity index (χ0n) is 18.1. The second-order valence-electron chi connectivity index (χ2n) is 7.20. The van der Waals surface area contributed by atoms with Crippen LogP contribution in [0.1, 0.15) is 23.9 Å². The first-order chi connectivity index (χ1) is 16.0. The van der Waals surface area contributed by atoms with E-state index in [1.807, 2.05) is 25.1 Å². The minimum absolute atomic E-state index is 0.215. The Morgan fingerprint density at radius 3 is 2.67 bits per heavy atom. The Bertz CT molecular complexity index is 1380. The van der Waals surface area contributed by atoms with Crippen molar-refractivity contribution in [2.75, 3.05) is 7.11 Å². The van der Waals surface area contributed by atoms with E-state index in [0.29, 0.717) is 40.2 Å². The van der Waals surface area contributed by atoms with E-state index in [4.69, 9.17) is 9.47 Å². The molecule has 4 aromatic rings. The lowest BCUT2D eigenvalue weighted by Crippen LogP contribution is -2.22. The number of nitrogens with zero attached hydrogens (tertiary/aromatic N) is 3. The number of hydrogen-bond donors (Lipinski definition) is 0. The summed E-state index contributed by atoms with van der Waals surface area (Å²) in [5.41, 5.74) is 1.79. The van der Waals surface area contributed by atoms with Gasteiger partial charge in [-0.05, 0) is 48.0 Å². The third kappa shape index (κ3) is 4.96. The zero-order valence-corrected chi connectivity index (χ0v) is 19.7. The lowest BCUT2D eigenvalue weighted by atomic mass is 10.2. The second-order valence-corrected chi connectivity index (χ2v) is 8.11. The molecule has 0 aliphatic rings. The third-order valence-corrected chi connectivity index (χ3v) is 5.52. The first-order valence-corrected chi connectivity index (χ1v) is 11.1. The maximum atomic E-state index is 13.2. The Kier molecular flexibility index (Phi) is 6.84. The summed E-state index contributed by atoms with van der Waals surface area (Å²) in [4.78, 5) is 17.7. The predicted octanol–water partition coefficient (Wildman–Crippen LogP) is 5.33. The third-order valence-electron chi connectivity index (χ3n) is 5.03. The molecule has 0 N–H and O–H groups in total. The summed E-state index contributed by atoms with van der Waals surface area (Å²) in [7, 11) is 1.55. The minimum atomic E-state index is -0.308. The first kappa shape index (κ1) is 22.7. The van der Waals surface area contributed by atoms with Gasteiger partial charge in [0.1, 0.15) is 18.2 Å². The van der Waals surface area contributed by atoms with E-state index < -0.39 is 0 Å². The highest BCUT2D eigenvalue weighted by Crippen LogP contribution is 2.31. The van der Waals surface area contributed by atoms with Gasteiger partial charge in [-0.25, -0.2) is 9.37 Å². The fourth-order valence-corrected chi connectivity index (χ4v) is 3.71. The molecule has 6 nitrogen and oxygen atoms in total. The van der Waals surface area contributed by atoms with E-state index in [1.165, 1.54) is 16.8 Å². The lowest BCUT2D eigenvalue weighted by molar-refractivity contribution is 0.284. The number of benzene rings is 3. The monoisotopic (exact) mass is 509 g/mol. The molecular weight excluding hydrogens is 489 g/mol. The molecule has 0 aliphatic carbocycles. The number of halogens is 2. The number of rotatable bonds is 7. The largest absolute Gasteiger partial charge is 0.493 e. The molecule has 0 amide bonds. The smallest absolute Gasteiger partial charge is 0.282 e. The van der Waals surface area contributed by atoms with Crippen LogP contribution < -0.4 is 15.0 Å². The Morgan fingerprint density at radius 2 is 1.94 bits per heavy atom. The van der Waals surface area contributed by atoms with E-state index >= 15 is 0 Å².